The van der Waals surface area contributed by atoms with Gasteiger partial charge in [0, 0.05) is 19.2 Å². The van der Waals surface area contributed by atoms with Crippen molar-refractivity contribution >= 4 is 22.1 Å². The Morgan fingerprint density at radius 1 is 1.03 bits per heavy atom. The molecule has 0 aromatic heterocycles. The summed E-state index contributed by atoms with van der Waals surface area (Å²) in [5.41, 5.74) is 3.51. The number of hydrogen-bond donors (Lipinski definition) is 1. The molecule has 0 aliphatic heterocycles. The van der Waals surface area contributed by atoms with Crippen molar-refractivity contribution in [1.29, 1.82) is 0 Å². The Balaban J connectivity index is 1.61. The first-order valence-corrected chi connectivity index (χ1v) is 11.5. The van der Waals surface area contributed by atoms with Crippen LogP contribution in [0.15, 0.2) is 82.8 Å². The maximum Gasteiger partial charge on any atom is 0.416 e. The molecule has 1 amide bonds. The van der Waals surface area contributed by atoms with Gasteiger partial charge in [-0.25, -0.2) is 13.8 Å². The Kier molecular flexibility index (Phi) is 7.53. The number of halogens is 3. The predicted molar refractivity (Wildman–Crippen MR) is 123 cm³/mol. The van der Waals surface area contributed by atoms with Crippen molar-refractivity contribution in [2.45, 2.75) is 24.5 Å². The highest BCUT2D eigenvalue weighted by Crippen LogP contribution is 2.29. The summed E-state index contributed by atoms with van der Waals surface area (Å²) in [4.78, 5) is 12.4. The van der Waals surface area contributed by atoms with Gasteiger partial charge in [0.1, 0.15) is 0 Å². The van der Waals surface area contributed by atoms with Gasteiger partial charge in [-0.2, -0.15) is 22.6 Å². The number of carbonyl (C=O) groups is 1. The lowest BCUT2D eigenvalue weighted by Gasteiger charge is -2.17. The molecule has 6 nitrogen and oxygen atoms in total. The number of carbonyl (C=O) groups excluding carboxylic acids is 1. The summed E-state index contributed by atoms with van der Waals surface area (Å²) >= 11 is 0. The third-order valence-electron chi connectivity index (χ3n) is 4.94. The first-order chi connectivity index (χ1) is 16.0. The number of amides is 1. The van der Waals surface area contributed by atoms with Crippen LogP contribution in [0.25, 0.3) is 0 Å². The number of hydrogen-bond acceptors (Lipinski definition) is 4. The molecule has 178 valence electrons. The standard InChI is InChI=1S/C24H22F3N3O3S/c1-17-6-12-22(13-7-17)34(32,33)30(2)16-18-8-10-20(11-9-18)23(31)29-28-15-19-4-3-5-21(14-19)24(25,26)27/h3-15H,16H2,1-2H3,(H,29,31)/b28-15-. The average Bonchev–Trinajstić information content (AvgIpc) is 2.79. The fraction of sp³-hybridized carbons (Fsp3) is 0.167. The summed E-state index contributed by atoms with van der Waals surface area (Å²) < 4.78 is 65.0. The third-order valence-corrected chi connectivity index (χ3v) is 6.76. The minimum Gasteiger partial charge on any atom is -0.267 e. The molecule has 3 aromatic rings. The number of hydrazone groups is 1. The maximum atomic E-state index is 12.8. The average molecular weight is 490 g/mol. The molecule has 3 rings (SSSR count). The van der Waals surface area contributed by atoms with Crippen LogP contribution in [0.1, 0.15) is 32.6 Å². The molecule has 0 fully saturated rings. The van der Waals surface area contributed by atoms with Crippen LogP contribution in [0.5, 0.6) is 0 Å². The van der Waals surface area contributed by atoms with E-state index >= 15 is 0 Å². The van der Waals surface area contributed by atoms with E-state index in [9.17, 15) is 26.4 Å². The monoisotopic (exact) mass is 489 g/mol. The molecular weight excluding hydrogens is 467 g/mol. The van der Waals surface area contributed by atoms with E-state index < -0.39 is 27.7 Å². The van der Waals surface area contributed by atoms with Gasteiger partial charge in [0.15, 0.2) is 0 Å². The Hall–Kier alpha value is -3.50. The molecule has 0 spiro atoms. The van der Waals surface area contributed by atoms with Crippen molar-refractivity contribution < 1.29 is 26.4 Å². The van der Waals surface area contributed by atoms with Crippen LogP contribution in [0.2, 0.25) is 0 Å². The summed E-state index contributed by atoms with van der Waals surface area (Å²) in [6, 6.07) is 17.4. The van der Waals surface area contributed by atoms with Gasteiger partial charge in [-0.1, -0.05) is 42.0 Å². The summed E-state index contributed by atoms with van der Waals surface area (Å²) in [5, 5.41) is 3.70. The van der Waals surface area contributed by atoms with Crippen molar-refractivity contribution in [3.8, 4) is 0 Å². The molecule has 0 radical (unpaired) electrons. The number of sulfonamides is 1. The quantitative estimate of drug-likeness (QED) is 0.389. The van der Waals surface area contributed by atoms with E-state index in [4.69, 9.17) is 0 Å². The highest BCUT2D eigenvalue weighted by molar-refractivity contribution is 7.89. The molecule has 0 unspecified atom stereocenters. The minimum atomic E-state index is -4.47. The van der Waals surface area contributed by atoms with Crippen LogP contribution >= 0.6 is 0 Å². The van der Waals surface area contributed by atoms with Crippen molar-refractivity contribution in [2.75, 3.05) is 7.05 Å². The minimum absolute atomic E-state index is 0.103. The Morgan fingerprint density at radius 2 is 1.68 bits per heavy atom. The summed E-state index contributed by atoms with van der Waals surface area (Å²) in [7, 11) is -2.20. The van der Waals surface area contributed by atoms with Crippen LogP contribution in [-0.4, -0.2) is 31.9 Å². The number of aryl methyl sites for hydroxylation is 1. The summed E-state index contributed by atoms with van der Waals surface area (Å²) in [5.74, 6) is -0.560. The van der Waals surface area contributed by atoms with Crippen molar-refractivity contribution in [1.82, 2.24) is 9.73 Å². The number of rotatable bonds is 7. The molecule has 0 atom stereocenters. The van der Waals surface area contributed by atoms with Gasteiger partial charge in [-0.15, -0.1) is 0 Å². The highest BCUT2D eigenvalue weighted by atomic mass is 32.2. The van der Waals surface area contributed by atoms with Crippen LogP contribution in [0, 0.1) is 6.92 Å². The second kappa shape index (κ2) is 10.2. The fourth-order valence-electron chi connectivity index (χ4n) is 3.02. The van der Waals surface area contributed by atoms with Crippen molar-refractivity contribution in [2.24, 2.45) is 5.10 Å². The Labute approximate surface area is 195 Å². The van der Waals surface area contributed by atoms with E-state index in [-0.39, 0.29) is 22.6 Å². The summed E-state index contributed by atoms with van der Waals surface area (Å²) in [6.45, 7) is 1.97. The van der Waals surface area contributed by atoms with E-state index in [2.05, 4.69) is 10.5 Å². The van der Waals surface area contributed by atoms with E-state index in [1.807, 2.05) is 6.92 Å². The molecule has 0 heterocycles. The van der Waals surface area contributed by atoms with Gasteiger partial charge in [0.05, 0.1) is 16.7 Å². The lowest BCUT2D eigenvalue weighted by atomic mass is 10.1. The lowest BCUT2D eigenvalue weighted by Crippen LogP contribution is -2.26. The zero-order valence-corrected chi connectivity index (χ0v) is 19.2. The van der Waals surface area contributed by atoms with E-state index in [1.165, 1.54) is 35.6 Å². The van der Waals surface area contributed by atoms with Crippen LogP contribution in [0.3, 0.4) is 0 Å². The number of nitrogens with one attached hydrogen (secondary N) is 1. The largest absolute Gasteiger partial charge is 0.416 e. The second-order valence-electron chi connectivity index (χ2n) is 7.59. The zero-order chi connectivity index (χ0) is 24.9. The second-order valence-corrected chi connectivity index (χ2v) is 9.64. The Bertz CT molecular complexity index is 1290. The van der Waals surface area contributed by atoms with E-state index in [1.54, 1.807) is 36.4 Å². The fourth-order valence-corrected chi connectivity index (χ4v) is 4.18. The molecule has 0 saturated heterocycles. The summed E-state index contributed by atoms with van der Waals surface area (Å²) in [6.07, 6.45) is -3.35. The topological polar surface area (TPSA) is 78.8 Å². The smallest absolute Gasteiger partial charge is 0.267 e. The normalized spacial score (nSPS) is 12.3. The van der Waals surface area contributed by atoms with E-state index in [0.29, 0.717) is 5.56 Å². The highest BCUT2D eigenvalue weighted by Gasteiger charge is 2.30. The number of nitrogens with zero attached hydrogens (tertiary/aromatic N) is 2. The SMILES string of the molecule is Cc1ccc(S(=O)(=O)N(C)Cc2ccc(C(=O)N/N=C\c3cccc(C(F)(F)F)c3)cc2)cc1. The predicted octanol–water partition coefficient (Wildman–Crippen LogP) is 4.60. The first kappa shape index (κ1) is 25.1. The van der Waals surface area contributed by atoms with Gasteiger partial charge in [-0.05, 0) is 54.4 Å². The van der Waals surface area contributed by atoms with Gasteiger partial charge >= 0.3 is 6.18 Å². The van der Waals surface area contributed by atoms with Crippen LogP contribution in [0.4, 0.5) is 13.2 Å². The van der Waals surface area contributed by atoms with Gasteiger partial charge in [0.25, 0.3) is 5.91 Å². The molecule has 0 bridgehead atoms. The van der Waals surface area contributed by atoms with Gasteiger partial charge in [-0.3, -0.25) is 4.79 Å². The molecule has 3 aromatic carbocycles. The van der Waals surface area contributed by atoms with Crippen LogP contribution < -0.4 is 5.43 Å². The van der Waals surface area contributed by atoms with Gasteiger partial charge < -0.3 is 0 Å². The molecule has 1 N–H and O–H groups in total. The van der Waals surface area contributed by atoms with Crippen LogP contribution in [-0.2, 0) is 22.7 Å². The lowest BCUT2D eigenvalue weighted by molar-refractivity contribution is -0.137. The first-order valence-electron chi connectivity index (χ1n) is 10.1. The molecule has 34 heavy (non-hydrogen) atoms. The molecule has 0 saturated carbocycles. The maximum absolute atomic E-state index is 12.8. The molecule has 0 aliphatic carbocycles. The molecular formula is C24H22F3N3O3S. The van der Waals surface area contributed by atoms with E-state index in [0.717, 1.165) is 23.9 Å². The molecule has 0 aliphatic rings. The third kappa shape index (κ3) is 6.30. The zero-order valence-electron chi connectivity index (χ0n) is 18.4. The van der Waals surface area contributed by atoms with Crippen molar-refractivity contribution in [3.63, 3.8) is 0 Å². The number of alkyl halides is 3. The molecule has 10 heteroatoms. The van der Waals surface area contributed by atoms with Crippen molar-refractivity contribution in [3.05, 3.63) is 101 Å². The number of benzene rings is 3. The Morgan fingerprint density at radius 3 is 2.29 bits per heavy atom. The van der Waals surface area contributed by atoms with Gasteiger partial charge in [0.2, 0.25) is 10.0 Å².